The second-order valence-corrected chi connectivity index (χ2v) is 7.56. The molecule has 0 saturated carbocycles. The maximum atomic E-state index is 14.2. The van der Waals surface area contributed by atoms with Crippen LogP contribution in [0, 0.1) is 23.4 Å². The fourth-order valence-corrected chi connectivity index (χ4v) is 2.93. The van der Waals surface area contributed by atoms with Gasteiger partial charge in [0, 0.05) is 11.6 Å². The molecule has 3 rings (SSSR count). The van der Waals surface area contributed by atoms with Crippen LogP contribution in [-0.4, -0.2) is 34.1 Å². The van der Waals surface area contributed by atoms with E-state index in [0.29, 0.717) is 0 Å². The molecule has 3 aromatic rings. The van der Waals surface area contributed by atoms with Gasteiger partial charge in [0.15, 0.2) is 17.5 Å². The van der Waals surface area contributed by atoms with Gasteiger partial charge in [-0.2, -0.15) is 4.98 Å². The molecular formula is C22H20F6N4O2. The third-order valence-corrected chi connectivity index (χ3v) is 4.70. The number of aromatic nitrogens is 2. The Kier molecular flexibility index (Phi) is 7.50. The van der Waals surface area contributed by atoms with E-state index in [1.165, 1.54) is 18.2 Å². The Balaban J connectivity index is 2.05. The van der Waals surface area contributed by atoms with E-state index >= 15 is 0 Å². The molecule has 34 heavy (non-hydrogen) atoms. The lowest BCUT2D eigenvalue weighted by atomic mass is 10.1. The lowest BCUT2D eigenvalue weighted by Crippen LogP contribution is -2.30. The molecule has 6 nitrogen and oxygen atoms in total. The third-order valence-electron chi connectivity index (χ3n) is 4.70. The minimum Gasteiger partial charge on any atom is -0.406 e. The maximum Gasteiger partial charge on any atom is 0.573 e. The van der Waals surface area contributed by atoms with Crippen molar-refractivity contribution < 1.29 is 36.2 Å². The first kappa shape index (κ1) is 25.1. The van der Waals surface area contributed by atoms with Crippen LogP contribution in [0.4, 0.5) is 43.8 Å². The number of alkyl halides is 3. The summed E-state index contributed by atoms with van der Waals surface area (Å²) in [5.41, 5.74) is -0.117. The van der Waals surface area contributed by atoms with Gasteiger partial charge in [-0.25, -0.2) is 18.2 Å². The molecule has 0 fully saturated rings. The van der Waals surface area contributed by atoms with Crippen molar-refractivity contribution >= 4 is 17.5 Å². The van der Waals surface area contributed by atoms with Gasteiger partial charge in [-0.15, -0.1) is 13.2 Å². The number of rotatable bonds is 8. The van der Waals surface area contributed by atoms with Crippen LogP contribution in [0.3, 0.4) is 0 Å². The largest absolute Gasteiger partial charge is 0.573 e. The number of aliphatic hydroxyl groups excluding tert-OH is 1. The average Bonchev–Trinajstić information content (AvgIpc) is 2.76. The van der Waals surface area contributed by atoms with E-state index in [0.717, 1.165) is 24.3 Å². The summed E-state index contributed by atoms with van der Waals surface area (Å²) in [5.74, 6) is -5.20. The van der Waals surface area contributed by atoms with Crippen molar-refractivity contribution in [1.82, 2.24) is 9.97 Å². The highest BCUT2D eigenvalue weighted by Crippen LogP contribution is 2.30. The molecule has 182 valence electrons. The summed E-state index contributed by atoms with van der Waals surface area (Å²) in [6.07, 6.45) is -4.90. The maximum absolute atomic E-state index is 14.2. The molecule has 0 saturated heterocycles. The van der Waals surface area contributed by atoms with E-state index in [1.54, 1.807) is 0 Å². The van der Waals surface area contributed by atoms with Crippen LogP contribution in [0.25, 0.3) is 11.3 Å². The van der Waals surface area contributed by atoms with Crippen LogP contribution < -0.4 is 15.4 Å². The molecule has 12 heteroatoms. The van der Waals surface area contributed by atoms with Gasteiger partial charge in [0.25, 0.3) is 0 Å². The number of hydrogen-bond donors (Lipinski definition) is 3. The second-order valence-electron chi connectivity index (χ2n) is 7.56. The van der Waals surface area contributed by atoms with Gasteiger partial charge in [-0.05, 0) is 30.2 Å². The van der Waals surface area contributed by atoms with Crippen molar-refractivity contribution in [1.29, 1.82) is 0 Å². The Morgan fingerprint density at radius 1 is 1.00 bits per heavy atom. The van der Waals surface area contributed by atoms with Crippen LogP contribution >= 0.6 is 0 Å². The molecule has 0 unspecified atom stereocenters. The summed E-state index contributed by atoms with van der Waals surface area (Å²) in [7, 11) is 0. The SMILES string of the molecule is CC(C)[C@H](CO)Nc1nc(Nc2ccc(F)c(F)c2F)cc(-c2cccc(OC(F)(F)F)c2)n1. The van der Waals surface area contributed by atoms with E-state index in [9.17, 15) is 31.4 Å². The lowest BCUT2D eigenvalue weighted by molar-refractivity contribution is -0.274. The first-order valence-corrected chi connectivity index (χ1v) is 10.00. The Morgan fingerprint density at radius 2 is 1.74 bits per heavy atom. The first-order chi connectivity index (χ1) is 16.0. The normalized spacial score (nSPS) is 12.5. The van der Waals surface area contributed by atoms with Crippen molar-refractivity contribution in [3.8, 4) is 17.0 Å². The van der Waals surface area contributed by atoms with Crippen LogP contribution in [-0.2, 0) is 0 Å². The zero-order valence-electron chi connectivity index (χ0n) is 17.9. The van der Waals surface area contributed by atoms with Gasteiger partial charge in [0.1, 0.15) is 11.6 Å². The van der Waals surface area contributed by atoms with Gasteiger partial charge < -0.3 is 20.5 Å². The summed E-state index contributed by atoms with van der Waals surface area (Å²) in [5, 5.41) is 15.0. The lowest BCUT2D eigenvalue weighted by Gasteiger charge is -2.21. The van der Waals surface area contributed by atoms with Gasteiger partial charge in [0.2, 0.25) is 5.95 Å². The molecule has 0 aliphatic carbocycles. The first-order valence-electron chi connectivity index (χ1n) is 10.00. The predicted molar refractivity (Wildman–Crippen MR) is 113 cm³/mol. The molecule has 1 atom stereocenters. The number of aliphatic hydroxyl groups is 1. The molecule has 3 N–H and O–H groups in total. The second kappa shape index (κ2) is 10.2. The fraction of sp³-hybridized carbons (Fsp3) is 0.273. The standard InChI is InChI=1S/C22H20F6N4O2/c1-11(2)17(10-33)31-21-30-16(12-4-3-5-13(8-12)34-22(26,27)28)9-18(32-21)29-15-7-6-14(23)19(24)20(15)25/h3-9,11,17,33H,10H2,1-2H3,(H2,29,30,31,32)/t17-/m0/s1. The van der Waals surface area contributed by atoms with Crippen LogP contribution in [0.15, 0.2) is 42.5 Å². The zero-order valence-corrected chi connectivity index (χ0v) is 17.9. The Labute approximate surface area is 190 Å². The Hall–Kier alpha value is -3.54. The van der Waals surface area contributed by atoms with E-state index < -0.39 is 41.3 Å². The van der Waals surface area contributed by atoms with Crippen molar-refractivity contribution in [3.05, 3.63) is 59.9 Å². The number of halogens is 6. The van der Waals surface area contributed by atoms with Crippen molar-refractivity contribution in [2.45, 2.75) is 26.3 Å². The van der Waals surface area contributed by atoms with Crippen LogP contribution in [0.5, 0.6) is 5.75 Å². The zero-order chi connectivity index (χ0) is 25.0. The highest BCUT2D eigenvalue weighted by molar-refractivity contribution is 5.68. The van der Waals surface area contributed by atoms with Crippen LogP contribution in [0.2, 0.25) is 0 Å². The monoisotopic (exact) mass is 486 g/mol. The summed E-state index contributed by atoms with van der Waals surface area (Å²) in [4.78, 5) is 8.43. The number of nitrogens with one attached hydrogen (secondary N) is 2. The van der Waals surface area contributed by atoms with Crippen molar-refractivity contribution in [3.63, 3.8) is 0 Å². The molecule has 0 aliphatic heterocycles. The highest BCUT2D eigenvalue weighted by atomic mass is 19.4. The number of anilines is 3. The number of hydrogen-bond acceptors (Lipinski definition) is 6. The van der Waals surface area contributed by atoms with E-state index in [1.807, 2.05) is 13.8 Å². The van der Waals surface area contributed by atoms with Gasteiger partial charge in [-0.3, -0.25) is 0 Å². The number of nitrogens with zero attached hydrogens (tertiary/aromatic N) is 2. The van der Waals surface area contributed by atoms with E-state index in [2.05, 4.69) is 25.3 Å². The molecule has 1 aromatic heterocycles. The molecule has 2 aromatic carbocycles. The molecule has 0 radical (unpaired) electrons. The minimum atomic E-state index is -4.90. The average molecular weight is 486 g/mol. The Bertz CT molecular complexity index is 1160. The van der Waals surface area contributed by atoms with Crippen LogP contribution in [0.1, 0.15) is 13.8 Å². The van der Waals surface area contributed by atoms with E-state index in [-0.39, 0.29) is 35.5 Å². The molecule has 0 spiro atoms. The smallest absolute Gasteiger partial charge is 0.406 e. The highest BCUT2D eigenvalue weighted by Gasteiger charge is 2.31. The van der Waals surface area contributed by atoms with Gasteiger partial charge in [-0.1, -0.05) is 26.0 Å². The fourth-order valence-electron chi connectivity index (χ4n) is 2.93. The number of benzene rings is 2. The number of ether oxygens (including phenoxy) is 1. The topological polar surface area (TPSA) is 79.3 Å². The summed E-state index contributed by atoms with van der Waals surface area (Å²) < 4.78 is 82.9. The predicted octanol–water partition coefficient (Wildman–Crippen LogP) is 5.63. The summed E-state index contributed by atoms with van der Waals surface area (Å²) >= 11 is 0. The van der Waals surface area contributed by atoms with Gasteiger partial charge in [0.05, 0.1) is 24.0 Å². The molecular weight excluding hydrogens is 466 g/mol. The summed E-state index contributed by atoms with van der Waals surface area (Å²) in [6, 6.07) is 7.46. The molecule has 1 heterocycles. The quantitative estimate of drug-likeness (QED) is 0.283. The molecule has 0 bridgehead atoms. The van der Waals surface area contributed by atoms with Crippen molar-refractivity contribution in [2.75, 3.05) is 17.2 Å². The van der Waals surface area contributed by atoms with Crippen molar-refractivity contribution in [2.24, 2.45) is 5.92 Å². The third kappa shape index (κ3) is 6.28. The Morgan fingerprint density at radius 3 is 2.38 bits per heavy atom. The van der Waals surface area contributed by atoms with Gasteiger partial charge >= 0.3 is 6.36 Å². The summed E-state index contributed by atoms with van der Waals surface area (Å²) in [6.45, 7) is 3.37. The van der Waals surface area contributed by atoms with E-state index in [4.69, 9.17) is 0 Å². The minimum absolute atomic E-state index is 0.0436. The molecule has 0 amide bonds. The molecule has 0 aliphatic rings.